The molecule has 0 saturated heterocycles. The number of hydrogen-bond acceptors (Lipinski definition) is 2. The molecule has 98 valence electrons. The molecule has 2 aromatic rings. The summed E-state index contributed by atoms with van der Waals surface area (Å²) in [6, 6.07) is 11.0. The molecule has 19 heavy (non-hydrogen) atoms. The first-order valence-electron chi connectivity index (χ1n) is 6.34. The summed E-state index contributed by atoms with van der Waals surface area (Å²) < 4.78 is 13.1. The molecule has 0 bridgehead atoms. The van der Waals surface area contributed by atoms with E-state index in [1.54, 1.807) is 24.4 Å². The zero-order valence-corrected chi connectivity index (χ0v) is 11.1. The van der Waals surface area contributed by atoms with Gasteiger partial charge >= 0.3 is 0 Å². The molecule has 0 spiro atoms. The van der Waals surface area contributed by atoms with Crippen LogP contribution in [-0.2, 0) is 0 Å². The van der Waals surface area contributed by atoms with Crippen molar-refractivity contribution in [3.8, 4) is 0 Å². The summed E-state index contributed by atoms with van der Waals surface area (Å²) >= 11 is 5.74. The van der Waals surface area contributed by atoms with Gasteiger partial charge in [-0.05, 0) is 48.6 Å². The summed E-state index contributed by atoms with van der Waals surface area (Å²) in [5.74, 6) is 0.296. The smallest absolute Gasteiger partial charge is 0.129 e. The summed E-state index contributed by atoms with van der Waals surface area (Å²) in [5.41, 5.74) is 2.07. The molecule has 1 saturated carbocycles. The van der Waals surface area contributed by atoms with Crippen molar-refractivity contribution in [1.29, 1.82) is 0 Å². The van der Waals surface area contributed by atoms with E-state index in [4.69, 9.17) is 11.6 Å². The first-order valence-corrected chi connectivity index (χ1v) is 6.72. The Hall–Kier alpha value is -1.61. The molecule has 2 nitrogen and oxygen atoms in total. The number of nitrogens with one attached hydrogen (secondary N) is 1. The van der Waals surface area contributed by atoms with E-state index in [0.717, 1.165) is 24.1 Å². The van der Waals surface area contributed by atoms with E-state index in [1.807, 2.05) is 12.1 Å². The molecule has 1 aliphatic carbocycles. The third kappa shape index (κ3) is 2.87. The highest BCUT2D eigenvalue weighted by atomic mass is 35.5. The SMILES string of the molecule is Fc1cccc(C2CC(Nc3ccc(Cl)nc3)C2)c1. The third-order valence-electron chi connectivity index (χ3n) is 3.56. The van der Waals surface area contributed by atoms with Gasteiger partial charge in [0.25, 0.3) is 0 Å². The second kappa shape index (κ2) is 5.17. The summed E-state index contributed by atoms with van der Waals surface area (Å²) in [4.78, 5) is 4.03. The molecule has 1 heterocycles. The molecule has 1 N–H and O–H groups in total. The van der Waals surface area contributed by atoms with E-state index >= 15 is 0 Å². The molecule has 1 aromatic carbocycles. The van der Waals surface area contributed by atoms with Crippen LogP contribution >= 0.6 is 11.6 Å². The highest BCUT2D eigenvalue weighted by Gasteiger charge is 2.30. The first-order chi connectivity index (χ1) is 9.20. The molecule has 1 aliphatic rings. The van der Waals surface area contributed by atoms with Crippen molar-refractivity contribution in [2.24, 2.45) is 0 Å². The Morgan fingerprint density at radius 1 is 1.21 bits per heavy atom. The molecule has 0 radical (unpaired) electrons. The van der Waals surface area contributed by atoms with Gasteiger partial charge in [0.1, 0.15) is 11.0 Å². The van der Waals surface area contributed by atoms with Gasteiger partial charge in [-0.3, -0.25) is 0 Å². The molecule has 3 rings (SSSR count). The minimum Gasteiger partial charge on any atom is -0.381 e. The number of anilines is 1. The van der Waals surface area contributed by atoms with Crippen LogP contribution in [0.25, 0.3) is 0 Å². The first kappa shape index (κ1) is 12.4. The van der Waals surface area contributed by atoms with Crippen LogP contribution in [0.15, 0.2) is 42.6 Å². The Balaban J connectivity index is 1.57. The summed E-state index contributed by atoms with van der Waals surface area (Å²) in [6.45, 7) is 0. The van der Waals surface area contributed by atoms with Crippen LogP contribution in [0.5, 0.6) is 0 Å². The average Bonchev–Trinajstić information content (AvgIpc) is 2.35. The molecule has 1 fully saturated rings. The van der Waals surface area contributed by atoms with Crippen molar-refractivity contribution in [3.63, 3.8) is 0 Å². The summed E-state index contributed by atoms with van der Waals surface area (Å²) in [7, 11) is 0. The fourth-order valence-corrected chi connectivity index (χ4v) is 2.58. The fraction of sp³-hybridized carbons (Fsp3) is 0.267. The maximum atomic E-state index is 13.1. The monoisotopic (exact) mass is 276 g/mol. The van der Waals surface area contributed by atoms with Crippen LogP contribution in [0.4, 0.5) is 10.1 Å². The topological polar surface area (TPSA) is 24.9 Å². The van der Waals surface area contributed by atoms with Gasteiger partial charge in [-0.25, -0.2) is 9.37 Å². The Morgan fingerprint density at radius 2 is 2.05 bits per heavy atom. The van der Waals surface area contributed by atoms with Gasteiger partial charge in [0.2, 0.25) is 0 Å². The second-order valence-corrected chi connectivity index (χ2v) is 5.32. The molecular formula is C15H14ClFN2. The van der Waals surface area contributed by atoms with Crippen molar-refractivity contribution in [1.82, 2.24) is 4.98 Å². The lowest BCUT2D eigenvalue weighted by molar-refractivity contribution is 0.373. The Labute approximate surface area is 116 Å². The van der Waals surface area contributed by atoms with Crippen LogP contribution in [0.1, 0.15) is 24.3 Å². The number of aromatic nitrogens is 1. The summed E-state index contributed by atoms with van der Waals surface area (Å²) in [6.07, 6.45) is 3.77. The van der Waals surface area contributed by atoms with Gasteiger partial charge in [-0.1, -0.05) is 23.7 Å². The maximum Gasteiger partial charge on any atom is 0.129 e. The van der Waals surface area contributed by atoms with Crippen LogP contribution < -0.4 is 5.32 Å². The predicted octanol–water partition coefficient (Wildman–Crippen LogP) is 4.23. The van der Waals surface area contributed by atoms with E-state index in [-0.39, 0.29) is 5.82 Å². The van der Waals surface area contributed by atoms with Gasteiger partial charge in [-0.2, -0.15) is 0 Å². The predicted molar refractivity (Wildman–Crippen MR) is 75.0 cm³/mol. The summed E-state index contributed by atoms with van der Waals surface area (Å²) in [5, 5.41) is 3.90. The van der Waals surface area contributed by atoms with Gasteiger partial charge < -0.3 is 5.32 Å². The van der Waals surface area contributed by atoms with E-state index in [1.165, 1.54) is 6.07 Å². The minimum atomic E-state index is -0.157. The highest BCUT2D eigenvalue weighted by Crippen LogP contribution is 2.38. The third-order valence-corrected chi connectivity index (χ3v) is 3.78. The largest absolute Gasteiger partial charge is 0.381 e. The van der Waals surface area contributed by atoms with Crippen molar-refractivity contribution in [2.45, 2.75) is 24.8 Å². The lowest BCUT2D eigenvalue weighted by atomic mass is 9.76. The quantitative estimate of drug-likeness (QED) is 0.849. The number of nitrogens with zero attached hydrogens (tertiary/aromatic N) is 1. The van der Waals surface area contributed by atoms with Crippen molar-refractivity contribution in [2.75, 3.05) is 5.32 Å². The maximum absolute atomic E-state index is 13.1. The van der Waals surface area contributed by atoms with E-state index in [2.05, 4.69) is 10.3 Å². The van der Waals surface area contributed by atoms with Gasteiger partial charge in [0.15, 0.2) is 0 Å². The zero-order valence-electron chi connectivity index (χ0n) is 10.3. The number of halogens is 2. The molecule has 0 atom stereocenters. The highest BCUT2D eigenvalue weighted by molar-refractivity contribution is 6.29. The number of pyridine rings is 1. The van der Waals surface area contributed by atoms with E-state index in [0.29, 0.717) is 17.1 Å². The van der Waals surface area contributed by atoms with Crippen molar-refractivity contribution >= 4 is 17.3 Å². The Kier molecular flexibility index (Phi) is 3.38. The fourth-order valence-electron chi connectivity index (χ4n) is 2.47. The normalized spacial score (nSPS) is 21.8. The molecular weight excluding hydrogens is 263 g/mol. The Bertz CT molecular complexity index is 565. The number of hydrogen-bond donors (Lipinski definition) is 1. The molecule has 4 heteroatoms. The van der Waals surface area contributed by atoms with Gasteiger partial charge in [0.05, 0.1) is 11.9 Å². The molecule has 0 aliphatic heterocycles. The van der Waals surface area contributed by atoms with Crippen molar-refractivity contribution in [3.05, 3.63) is 59.1 Å². The molecule has 0 amide bonds. The Morgan fingerprint density at radius 3 is 2.74 bits per heavy atom. The van der Waals surface area contributed by atoms with Crippen molar-refractivity contribution < 1.29 is 4.39 Å². The van der Waals surface area contributed by atoms with Gasteiger partial charge in [0, 0.05) is 6.04 Å². The van der Waals surface area contributed by atoms with Crippen LogP contribution in [0, 0.1) is 5.82 Å². The number of benzene rings is 1. The van der Waals surface area contributed by atoms with E-state index in [9.17, 15) is 4.39 Å². The average molecular weight is 277 g/mol. The lowest BCUT2D eigenvalue weighted by Crippen LogP contribution is -2.34. The molecule has 1 aromatic heterocycles. The van der Waals surface area contributed by atoms with Gasteiger partial charge in [-0.15, -0.1) is 0 Å². The zero-order chi connectivity index (χ0) is 13.2. The van der Waals surface area contributed by atoms with Crippen LogP contribution in [0.2, 0.25) is 5.15 Å². The second-order valence-electron chi connectivity index (χ2n) is 4.93. The number of rotatable bonds is 3. The minimum absolute atomic E-state index is 0.157. The van der Waals surface area contributed by atoms with Crippen LogP contribution in [0.3, 0.4) is 0 Å². The lowest BCUT2D eigenvalue weighted by Gasteiger charge is -2.36. The molecule has 0 unspecified atom stereocenters. The standard InChI is InChI=1S/C15H14ClFN2/c16-15-5-4-13(9-18-15)19-14-7-11(8-14)10-2-1-3-12(17)6-10/h1-6,9,11,14,19H,7-8H2. The van der Waals surface area contributed by atoms with E-state index < -0.39 is 0 Å². The van der Waals surface area contributed by atoms with Crippen LogP contribution in [-0.4, -0.2) is 11.0 Å².